The molecular formula is C18H22N4O3S. The number of amides is 1. The molecule has 0 bridgehead atoms. The first-order chi connectivity index (χ1) is 12.4. The third-order valence-electron chi connectivity index (χ3n) is 4.97. The number of fused-ring (bicyclic) bond motifs is 1. The van der Waals surface area contributed by atoms with Crippen LogP contribution in [-0.4, -0.2) is 31.1 Å². The highest BCUT2D eigenvalue weighted by atomic mass is 32.2. The number of benzene rings is 1. The summed E-state index contributed by atoms with van der Waals surface area (Å²) < 4.78 is 28.1. The maximum atomic E-state index is 12.7. The van der Waals surface area contributed by atoms with E-state index in [0.29, 0.717) is 17.1 Å². The van der Waals surface area contributed by atoms with Crippen LogP contribution in [0.3, 0.4) is 0 Å². The van der Waals surface area contributed by atoms with Gasteiger partial charge in [-0.3, -0.25) is 14.6 Å². The number of carbonyl (C=O) groups excluding carboxylic acids is 1. The van der Waals surface area contributed by atoms with E-state index in [4.69, 9.17) is 0 Å². The van der Waals surface area contributed by atoms with Crippen molar-refractivity contribution in [1.82, 2.24) is 10.2 Å². The van der Waals surface area contributed by atoms with Gasteiger partial charge >= 0.3 is 0 Å². The molecule has 2 aromatic rings. The van der Waals surface area contributed by atoms with Gasteiger partial charge in [0.15, 0.2) is 0 Å². The summed E-state index contributed by atoms with van der Waals surface area (Å²) in [7, 11) is -3.72. The summed E-state index contributed by atoms with van der Waals surface area (Å²) in [6.07, 6.45) is 3.68. The Bertz CT molecular complexity index is 957. The molecule has 2 heterocycles. The molecular weight excluding hydrogens is 352 g/mol. The molecule has 1 saturated carbocycles. The van der Waals surface area contributed by atoms with Crippen LogP contribution in [0.25, 0.3) is 0 Å². The second-order valence-corrected chi connectivity index (χ2v) is 8.70. The van der Waals surface area contributed by atoms with E-state index in [1.165, 1.54) is 0 Å². The number of sulfonamides is 1. The number of hydrogen-bond donors (Lipinski definition) is 2. The fraction of sp³-hybridized carbons (Fsp3) is 0.444. The minimum Gasteiger partial charge on any atom is -0.312 e. The molecule has 0 radical (unpaired) electrons. The Morgan fingerprint density at radius 3 is 2.73 bits per heavy atom. The predicted molar refractivity (Wildman–Crippen MR) is 98.7 cm³/mol. The molecule has 0 spiro atoms. The number of aryl methyl sites for hydroxylation is 3. The summed E-state index contributed by atoms with van der Waals surface area (Å²) >= 11 is 0. The molecule has 4 rings (SSSR count). The molecule has 8 heteroatoms. The van der Waals surface area contributed by atoms with Crippen LogP contribution in [0.2, 0.25) is 0 Å². The molecule has 0 atom stereocenters. The number of rotatable bonds is 4. The second kappa shape index (κ2) is 6.12. The Hall–Kier alpha value is -2.35. The quantitative estimate of drug-likeness (QED) is 0.860. The maximum Gasteiger partial charge on any atom is 0.265 e. The molecule has 138 valence electrons. The van der Waals surface area contributed by atoms with Gasteiger partial charge in [-0.25, -0.2) is 8.42 Å². The van der Waals surface area contributed by atoms with Crippen LogP contribution in [0.15, 0.2) is 23.1 Å². The van der Waals surface area contributed by atoms with E-state index in [0.717, 1.165) is 43.5 Å². The van der Waals surface area contributed by atoms with E-state index < -0.39 is 10.0 Å². The van der Waals surface area contributed by atoms with E-state index in [-0.39, 0.29) is 16.7 Å². The van der Waals surface area contributed by atoms with Crippen molar-refractivity contribution in [3.8, 4) is 0 Å². The van der Waals surface area contributed by atoms with Gasteiger partial charge in [-0.05, 0) is 63.3 Å². The fourth-order valence-electron chi connectivity index (χ4n) is 3.58. The minimum atomic E-state index is -3.72. The highest BCUT2D eigenvalue weighted by Crippen LogP contribution is 2.37. The van der Waals surface area contributed by atoms with Gasteiger partial charge in [-0.2, -0.15) is 5.10 Å². The lowest BCUT2D eigenvalue weighted by Gasteiger charge is -2.30. The Kier molecular flexibility index (Phi) is 4.02. The van der Waals surface area contributed by atoms with Crippen molar-refractivity contribution in [1.29, 1.82) is 0 Å². The van der Waals surface area contributed by atoms with E-state index in [1.807, 2.05) is 17.0 Å². The topological polar surface area (TPSA) is 95.2 Å². The number of aromatic amines is 1. The number of nitrogens with zero attached hydrogens (tertiary/aromatic N) is 2. The monoisotopic (exact) mass is 374 g/mol. The van der Waals surface area contributed by atoms with Crippen molar-refractivity contribution in [2.45, 2.75) is 44.4 Å². The van der Waals surface area contributed by atoms with Crippen molar-refractivity contribution < 1.29 is 13.2 Å². The van der Waals surface area contributed by atoms with Crippen molar-refractivity contribution in [2.75, 3.05) is 16.2 Å². The third kappa shape index (κ3) is 2.98. The number of carbonyl (C=O) groups is 1. The lowest BCUT2D eigenvalue weighted by atomic mass is 10.0. The number of H-pyrrole nitrogens is 1. The average molecular weight is 374 g/mol. The van der Waals surface area contributed by atoms with Crippen molar-refractivity contribution >= 4 is 27.3 Å². The van der Waals surface area contributed by atoms with Gasteiger partial charge in [0, 0.05) is 23.8 Å². The zero-order chi connectivity index (χ0) is 18.5. The van der Waals surface area contributed by atoms with Gasteiger partial charge in [-0.1, -0.05) is 0 Å². The molecule has 1 fully saturated rings. The average Bonchev–Trinajstić information content (AvgIpc) is 3.38. The van der Waals surface area contributed by atoms with Gasteiger partial charge in [-0.15, -0.1) is 0 Å². The maximum absolute atomic E-state index is 12.7. The SMILES string of the molecule is Cc1n[nH]c(C)c1S(=O)(=O)Nc1ccc2c(c1)CCCN2C(=O)C1CC1. The zero-order valence-electron chi connectivity index (χ0n) is 14.9. The van der Waals surface area contributed by atoms with Crippen LogP contribution in [0.5, 0.6) is 0 Å². The van der Waals surface area contributed by atoms with Crippen LogP contribution in [0, 0.1) is 19.8 Å². The van der Waals surface area contributed by atoms with E-state index in [2.05, 4.69) is 14.9 Å². The minimum absolute atomic E-state index is 0.172. The van der Waals surface area contributed by atoms with Crippen LogP contribution in [0.4, 0.5) is 11.4 Å². The molecule has 1 aromatic carbocycles. The van der Waals surface area contributed by atoms with Gasteiger partial charge in [0.1, 0.15) is 4.90 Å². The summed E-state index contributed by atoms with van der Waals surface area (Å²) in [5, 5.41) is 6.66. The van der Waals surface area contributed by atoms with Gasteiger partial charge in [0.2, 0.25) is 5.91 Å². The molecule has 26 heavy (non-hydrogen) atoms. The largest absolute Gasteiger partial charge is 0.312 e. The number of aromatic nitrogens is 2. The van der Waals surface area contributed by atoms with Crippen molar-refractivity contribution in [3.05, 3.63) is 35.2 Å². The first-order valence-corrected chi connectivity index (χ1v) is 10.3. The Morgan fingerprint density at radius 2 is 2.08 bits per heavy atom. The van der Waals surface area contributed by atoms with Crippen LogP contribution < -0.4 is 9.62 Å². The molecule has 2 N–H and O–H groups in total. The molecule has 1 aliphatic carbocycles. The summed E-state index contributed by atoms with van der Waals surface area (Å²) in [4.78, 5) is 14.5. The van der Waals surface area contributed by atoms with E-state index in [9.17, 15) is 13.2 Å². The predicted octanol–water partition coefficient (Wildman–Crippen LogP) is 2.52. The molecule has 1 aromatic heterocycles. The second-order valence-electron chi connectivity index (χ2n) is 7.08. The highest BCUT2D eigenvalue weighted by molar-refractivity contribution is 7.92. The number of hydrogen-bond acceptors (Lipinski definition) is 4. The number of nitrogens with one attached hydrogen (secondary N) is 2. The van der Waals surface area contributed by atoms with Crippen LogP contribution in [-0.2, 0) is 21.2 Å². The lowest BCUT2D eigenvalue weighted by Crippen LogP contribution is -2.36. The van der Waals surface area contributed by atoms with E-state index >= 15 is 0 Å². The van der Waals surface area contributed by atoms with Crippen LogP contribution in [0.1, 0.15) is 36.2 Å². The van der Waals surface area contributed by atoms with Crippen molar-refractivity contribution in [3.63, 3.8) is 0 Å². The molecule has 0 saturated heterocycles. The van der Waals surface area contributed by atoms with Crippen LogP contribution >= 0.6 is 0 Å². The summed E-state index contributed by atoms with van der Waals surface area (Å²) in [5.74, 6) is 0.370. The summed E-state index contributed by atoms with van der Waals surface area (Å²) in [6, 6.07) is 5.41. The normalized spacial score (nSPS) is 17.1. The smallest absolute Gasteiger partial charge is 0.265 e. The first kappa shape index (κ1) is 17.1. The molecule has 0 unspecified atom stereocenters. The summed E-state index contributed by atoms with van der Waals surface area (Å²) in [5.41, 5.74) is 3.37. The summed E-state index contributed by atoms with van der Waals surface area (Å²) in [6.45, 7) is 4.08. The Balaban J connectivity index is 1.62. The lowest BCUT2D eigenvalue weighted by molar-refractivity contribution is -0.119. The fourth-order valence-corrected chi connectivity index (χ4v) is 5.01. The third-order valence-corrected chi connectivity index (χ3v) is 6.62. The van der Waals surface area contributed by atoms with Gasteiger partial charge in [0.25, 0.3) is 10.0 Å². The van der Waals surface area contributed by atoms with E-state index in [1.54, 1.807) is 19.9 Å². The Labute approximate surface area is 152 Å². The molecule has 7 nitrogen and oxygen atoms in total. The molecule has 1 aliphatic heterocycles. The van der Waals surface area contributed by atoms with Gasteiger partial charge in [0.05, 0.1) is 11.4 Å². The molecule has 2 aliphatic rings. The first-order valence-electron chi connectivity index (χ1n) is 8.85. The zero-order valence-corrected chi connectivity index (χ0v) is 15.7. The van der Waals surface area contributed by atoms with Crippen molar-refractivity contribution in [2.24, 2.45) is 5.92 Å². The molecule has 1 amide bonds. The Morgan fingerprint density at radius 1 is 1.31 bits per heavy atom. The van der Waals surface area contributed by atoms with Gasteiger partial charge < -0.3 is 4.90 Å². The highest BCUT2D eigenvalue weighted by Gasteiger charge is 2.35. The standard InChI is InChI=1S/C18H22N4O3S/c1-11-17(12(2)20-19-11)26(24,25)21-15-7-8-16-14(10-15)4-3-9-22(16)18(23)13-5-6-13/h7-8,10,13,21H,3-6,9H2,1-2H3,(H,19,20). The number of anilines is 2.